The van der Waals surface area contributed by atoms with Crippen LogP contribution in [0.15, 0.2) is 42.5 Å². The highest BCUT2D eigenvalue weighted by atomic mass is 19.1. The Balaban J connectivity index is 1.94. The first-order valence-electron chi connectivity index (χ1n) is 6.85. The van der Waals surface area contributed by atoms with Crippen molar-refractivity contribution in [1.82, 2.24) is 5.32 Å². The van der Waals surface area contributed by atoms with Crippen molar-refractivity contribution in [1.29, 1.82) is 0 Å². The summed E-state index contributed by atoms with van der Waals surface area (Å²) in [6, 6.07) is 7.93. The van der Waals surface area contributed by atoms with Crippen LogP contribution in [-0.4, -0.2) is 23.5 Å². The molecule has 0 fully saturated rings. The lowest BCUT2D eigenvalue weighted by Gasteiger charge is -2.13. The average molecular weight is 338 g/mol. The van der Waals surface area contributed by atoms with Crippen LogP contribution < -0.4 is 10.6 Å². The number of amides is 2. The molecule has 2 aromatic rings. The molecule has 0 spiro atoms. The molecule has 0 aliphatic rings. The zero-order valence-electron chi connectivity index (χ0n) is 12.2. The Labute approximate surface area is 135 Å². The fraction of sp³-hybridized carbons (Fsp3) is 0.125. The van der Waals surface area contributed by atoms with E-state index in [4.69, 9.17) is 0 Å². The van der Waals surface area contributed by atoms with Crippen molar-refractivity contribution in [2.75, 3.05) is 11.9 Å². The molecular weight excluding hydrogens is 325 g/mol. The second kappa shape index (κ2) is 7.60. The van der Waals surface area contributed by atoms with Gasteiger partial charge in [-0.05, 0) is 30.3 Å². The Hall–Kier alpha value is -2.87. The van der Waals surface area contributed by atoms with Gasteiger partial charge < -0.3 is 15.7 Å². The number of carbonyl (C=O) groups is 2. The van der Waals surface area contributed by atoms with E-state index in [1.54, 1.807) is 0 Å². The maximum atomic E-state index is 13.5. The van der Waals surface area contributed by atoms with Crippen LogP contribution >= 0.6 is 0 Å². The predicted molar refractivity (Wildman–Crippen MR) is 79.4 cm³/mol. The van der Waals surface area contributed by atoms with Gasteiger partial charge in [0.25, 0.3) is 0 Å². The topological polar surface area (TPSA) is 78.4 Å². The molecule has 2 rings (SSSR count). The Kier molecular flexibility index (Phi) is 5.54. The SMILES string of the molecule is O=C(NC[C@H](O)c1c(F)cccc1F)C(=O)Nc1cccc(F)c1. The highest BCUT2D eigenvalue weighted by Crippen LogP contribution is 2.19. The van der Waals surface area contributed by atoms with Crippen LogP contribution in [0.3, 0.4) is 0 Å². The summed E-state index contributed by atoms with van der Waals surface area (Å²) in [6.45, 7) is -0.576. The van der Waals surface area contributed by atoms with Crippen molar-refractivity contribution in [2.24, 2.45) is 0 Å². The summed E-state index contributed by atoms with van der Waals surface area (Å²) in [5.41, 5.74) is -0.542. The van der Waals surface area contributed by atoms with Crippen LogP contribution in [0.4, 0.5) is 18.9 Å². The lowest BCUT2D eigenvalue weighted by Crippen LogP contribution is -2.37. The van der Waals surface area contributed by atoms with Crippen molar-refractivity contribution >= 4 is 17.5 Å². The van der Waals surface area contributed by atoms with E-state index >= 15 is 0 Å². The Morgan fingerprint density at radius 1 is 1.00 bits per heavy atom. The summed E-state index contributed by atoms with van der Waals surface area (Å²) in [4.78, 5) is 23.3. The second-order valence-corrected chi connectivity index (χ2v) is 4.83. The molecule has 24 heavy (non-hydrogen) atoms. The molecule has 5 nitrogen and oxygen atoms in total. The largest absolute Gasteiger partial charge is 0.386 e. The molecule has 0 radical (unpaired) electrons. The third-order valence-electron chi connectivity index (χ3n) is 3.08. The molecule has 126 valence electrons. The van der Waals surface area contributed by atoms with Gasteiger partial charge in [-0.1, -0.05) is 12.1 Å². The van der Waals surface area contributed by atoms with Gasteiger partial charge in [0.2, 0.25) is 0 Å². The van der Waals surface area contributed by atoms with E-state index in [1.165, 1.54) is 12.1 Å². The Morgan fingerprint density at radius 2 is 1.62 bits per heavy atom. The van der Waals surface area contributed by atoms with Gasteiger partial charge in [0.1, 0.15) is 23.6 Å². The first kappa shape index (κ1) is 17.5. The summed E-state index contributed by atoms with van der Waals surface area (Å²) in [5.74, 6) is -4.79. The third kappa shape index (κ3) is 4.32. The fourth-order valence-corrected chi connectivity index (χ4v) is 1.95. The number of hydrogen-bond donors (Lipinski definition) is 3. The lowest BCUT2D eigenvalue weighted by molar-refractivity contribution is -0.136. The fourth-order valence-electron chi connectivity index (χ4n) is 1.95. The van der Waals surface area contributed by atoms with Gasteiger partial charge in [0.05, 0.1) is 5.56 Å². The number of aliphatic hydroxyl groups is 1. The van der Waals surface area contributed by atoms with Crippen molar-refractivity contribution < 1.29 is 27.9 Å². The molecule has 1 atom stereocenters. The summed E-state index contributed by atoms with van der Waals surface area (Å²) < 4.78 is 39.9. The minimum absolute atomic E-state index is 0.0656. The van der Waals surface area contributed by atoms with E-state index in [9.17, 15) is 27.9 Å². The maximum Gasteiger partial charge on any atom is 0.313 e. The summed E-state index contributed by atoms with van der Waals surface area (Å²) in [6.07, 6.45) is -1.67. The number of benzene rings is 2. The van der Waals surface area contributed by atoms with Crippen molar-refractivity contribution in [3.8, 4) is 0 Å². The summed E-state index contributed by atoms with van der Waals surface area (Å²) in [5, 5.41) is 14.0. The third-order valence-corrected chi connectivity index (χ3v) is 3.08. The molecule has 3 N–H and O–H groups in total. The maximum absolute atomic E-state index is 13.5. The second-order valence-electron chi connectivity index (χ2n) is 4.83. The minimum atomic E-state index is -1.67. The van der Waals surface area contributed by atoms with Gasteiger partial charge >= 0.3 is 11.8 Å². The number of anilines is 1. The van der Waals surface area contributed by atoms with Crippen LogP contribution in [0.1, 0.15) is 11.7 Å². The zero-order valence-corrected chi connectivity index (χ0v) is 12.2. The summed E-state index contributed by atoms with van der Waals surface area (Å²) >= 11 is 0. The molecule has 0 bridgehead atoms. The number of carbonyl (C=O) groups excluding carboxylic acids is 2. The van der Waals surface area contributed by atoms with Crippen molar-refractivity contribution in [2.45, 2.75) is 6.10 Å². The minimum Gasteiger partial charge on any atom is -0.386 e. The molecule has 0 saturated carbocycles. The first-order valence-corrected chi connectivity index (χ1v) is 6.85. The molecule has 0 aliphatic carbocycles. The van der Waals surface area contributed by atoms with Gasteiger partial charge in [-0.25, -0.2) is 13.2 Å². The summed E-state index contributed by atoms with van der Waals surface area (Å²) in [7, 11) is 0. The van der Waals surface area contributed by atoms with Gasteiger partial charge in [0, 0.05) is 12.2 Å². The molecule has 2 aromatic carbocycles. The van der Waals surface area contributed by atoms with Gasteiger partial charge in [0.15, 0.2) is 0 Å². The van der Waals surface area contributed by atoms with Crippen LogP contribution in [0.2, 0.25) is 0 Å². The molecular formula is C16H13F3N2O3. The van der Waals surface area contributed by atoms with E-state index in [2.05, 4.69) is 5.32 Å². The van der Waals surface area contributed by atoms with Crippen molar-refractivity contribution in [3.05, 3.63) is 65.5 Å². The van der Waals surface area contributed by atoms with Crippen LogP contribution in [0, 0.1) is 17.5 Å². The number of halogens is 3. The van der Waals surface area contributed by atoms with E-state index < -0.39 is 47.5 Å². The number of aliphatic hydroxyl groups excluding tert-OH is 1. The monoisotopic (exact) mass is 338 g/mol. The Bertz CT molecular complexity index is 748. The standard InChI is InChI=1S/C16H13F3N2O3/c17-9-3-1-4-10(7-9)21-16(24)15(23)20-8-13(22)14-11(18)5-2-6-12(14)19/h1-7,13,22H,8H2,(H,20,23)(H,21,24)/t13-/m0/s1. The molecule has 0 aliphatic heterocycles. The zero-order chi connectivity index (χ0) is 17.7. The Morgan fingerprint density at radius 3 is 2.25 bits per heavy atom. The van der Waals surface area contributed by atoms with Gasteiger partial charge in [-0.2, -0.15) is 0 Å². The predicted octanol–water partition coefficient (Wildman–Crippen LogP) is 1.89. The number of nitrogens with one attached hydrogen (secondary N) is 2. The smallest absolute Gasteiger partial charge is 0.313 e. The van der Waals surface area contributed by atoms with Gasteiger partial charge in [-0.3, -0.25) is 9.59 Å². The highest BCUT2D eigenvalue weighted by molar-refractivity contribution is 6.39. The molecule has 0 aromatic heterocycles. The molecule has 0 saturated heterocycles. The number of rotatable bonds is 4. The average Bonchev–Trinajstić information content (AvgIpc) is 2.52. The van der Waals surface area contributed by atoms with E-state index in [-0.39, 0.29) is 5.69 Å². The quantitative estimate of drug-likeness (QED) is 0.745. The molecule has 2 amide bonds. The molecule has 0 unspecified atom stereocenters. The van der Waals surface area contributed by atoms with Crippen LogP contribution in [0.25, 0.3) is 0 Å². The van der Waals surface area contributed by atoms with Crippen LogP contribution in [-0.2, 0) is 9.59 Å². The lowest BCUT2D eigenvalue weighted by atomic mass is 10.1. The van der Waals surface area contributed by atoms with Crippen molar-refractivity contribution in [3.63, 3.8) is 0 Å². The first-order chi connectivity index (χ1) is 11.4. The molecule has 0 heterocycles. The van der Waals surface area contributed by atoms with E-state index in [1.807, 2.05) is 5.32 Å². The van der Waals surface area contributed by atoms with E-state index in [0.29, 0.717) is 0 Å². The normalized spacial score (nSPS) is 11.7. The van der Waals surface area contributed by atoms with E-state index in [0.717, 1.165) is 30.3 Å². The highest BCUT2D eigenvalue weighted by Gasteiger charge is 2.20. The van der Waals surface area contributed by atoms with Gasteiger partial charge in [-0.15, -0.1) is 0 Å². The molecule has 8 heteroatoms. The van der Waals surface area contributed by atoms with Crippen LogP contribution in [0.5, 0.6) is 0 Å². The number of hydrogen-bond acceptors (Lipinski definition) is 3.